The van der Waals surface area contributed by atoms with E-state index in [-0.39, 0.29) is 30.5 Å². The SMILES string of the molecule is O=C1COC2(CCN(S(=O)(=O)c3ccc(-c4ccc(F)cc4)cc3F)CC2)CN1C1CC1. The van der Waals surface area contributed by atoms with Gasteiger partial charge in [0, 0.05) is 19.1 Å². The highest BCUT2D eigenvalue weighted by Crippen LogP contribution is 2.37. The summed E-state index contributed by atoms with van der Waals surface area (Å²) in [6.45, 7) is 0.927. The van der Waals surface area contributed by atoms with Crippen LogP contribution < -0.4 is 0 Å². The molecule has 2 aliphatic heterocycles. The van der Waals surface area contributed by atoms with Crippen LogP contribution in [0.4, 0.5) is 8.78 Å². The molecule has 0 aromatic heterocycles. The summed E-state index contributed by atoms with van der Waals surface area (Å²) in [6.07, 6.45) is 2.93. The normalized spacial score (nSPS) is 21.8. The fourth-order valence-electron chi connectivity index (χ4n) is 4.57. The minimum atomic E-state index is -4.02. The third-order valence-electron chi connectivity index (χ3n) is 6.63. The number of benzene rings is 2. The Morgan fingerprint density at radius 1 is 0.969 bits per heavy atom. The Morgan fingerprint density at radius 3 is 2.25 bits per heavy atom. The lowest BCUT2D eigenvalue weighted by molar-refractivity contribution is -0.170. The summed E-state index contributed by atoms with van der Waals surface area (Å²) >= 11 is 0. The molecule has 9 heteroatoms. The van der Waals surface area contributed by atoms with Crippen LogP contribution in [0.15, 0.2) is 47.4 Å². The minimum Gasteiger partial charge on any atom is -0.363 e. The Labute approximate surface area is 185 Å². The smallest absolute Gasteiger partial charge is 0.248 e. The first-order valence-electron chi connectivity index (χ1n) is 10.8. The fourth-order valence-corrected chi connectivity index (χ4v) is 6.06. The van der Waals surface area contributed by atoms with Crippen LogP contribution in [0.2, 0.25) is 0 Å². The molecular formula is C23H24F2N2O4S. The minimum absolute atomic E-state index is 0.00325. The van der Waals surface area contributed by atoms with Gasteiger partial charge in [0.1, 0.15) is 23.1 Å². The first kappa shape index (κ1) is 21.5. The van der Waals surface area contributed by atoms with Gasteiger partial charge in [0.2, 0.25) is 15.9 Å². The van der Waals surface area contributed by atoms with E-state index in [9.17, 15) is 22.0 Å². The molecule has 0 bridgehead atoms. The molecule has 1 saturated carbocycles. The summed E-state index contributed by atoms with van der Waals surface area (Å²) in [5.74, 6) is -1.24. The van der Waals surface area contributed by atoms with Gasteiger partial charge in [0.05, 0.1) is 12.1 Å². The number of sulfonamides is 1. The van der Waals surface area contributed by atoms with Gasteiger partial charge in [-0.1, -0.05) is 18.2 Å². The van der Waals surface area contributed by atoms with E-state index in [4.69, 9.17) is 4.74 Å². The molecule has 170 valence electrons. The van der Waals surface area contributed by atoms with Gasteiger partial charge >= 0.3 is 0 Å². The van der Waals surface area contributed by atoms with Crippen molar-refractivity contribution in [3.63, 3.8) is 0 Å². The molecule has 6 nitrogen and oxygen atoms in total. The average Bonchev–Trinajstić information content (AvgIpc) is 3.62. The van der Waals surface area contributed by atoms with Crippen LogP contribution in [-0.4, -0.2) is 61.4 Å². The molecule has 2 heterocycles. The number of ether oxygens (including phenoxy) is 1. The molecule has 1 amide bonds. The van der Waals surface area contributed by atoms with Crippen LogP contribution in [0.5, 0.6) is 0 Å². The van der Waals surface area contributed by atoms with E-state index < -0.39 is 27.3 Å². The lowest BCUT2D eigenvalue weighted by Crippen LogP contribution is -2.59. The number of piperidine rings is 1. The van der Waals surface area contributed by atoms with Gasteiger partial charge in [-0.3, -0.25) is 4.79 Å². The molecule has 0 radical (unpaired) electrons. The number of amides is 1. The topological polar surface area (TPSA) is 66.9 Å². The predicted molar refractivity (Wildman–Crippen MR) is 113 cm³/mol. The Kier molecular flexibility index (Phi) is 5.30. The molecule has 5 rings (SSSR count). The average molecular weight is 463 g/mol. The van der Waals surface area contributed by atoms with Crippen molar-refractivity contribution in [1.29, 1.82) is 0 Å². The molecule has 1 aliphatic carbocycles. The number of nitrogens with zero attached hydrogens (tertiary/aromatic N) is 2. The summed E-state index contributed by atoms with van der Waals surface area (Å²) in [4.78, 5) is 13.6. The number of rotatable bonds is 4. The Morgan fingerprint density at radius 2 is 1.62 bits per heavy atom. The highest BCUT2D eigenvalue weighted by Gasteiger charge is 2.47. The van der Waals surface area contributed by atoms with Gasteiger partial charge in [-0.15, -0.1) is 0 Å². The van der Waals surface area contributed by atoms with Crippen molar-refractivity contribution in [2.24, 2.45) is 0 Å². The zero-order chi connectivity index (χ0) is 22.5. The van der Waals surface area contributed by atoms with Crippen LogP contribution >= 0.6 is 0 Å². The second-order valence-corrected chi connectivity index (χ2v) is 10.7. The highest BCUT2D eigenvalue weighted by molar-refractivity contribution is 7.89. The summed E-state index contributed by atoms with van der Waals surface area (Å²) in [5.41, 5.74) is 0.533. The van der Waals surface area contributed by atoms with Crippen molar-refractivity contribution in [2.75, 3.05) is 26.2 Å². The van der Waals surface area contributed by atoms with E-state index in [1.165, 1.54) is 40.7 Å². The lowest BCUT2D eigenvalue weighted by atomic mass is 9.90. The van der Waals surface area contributed by atoms with Crippen molar-refractivity contribution >= 4 is 15.9 Å². The maximum absolute atomic E-state index is 14.9. The number of hydrogen-bond donors (Lipinski definition) is 0. The molecular weight excluding hydrogens is 438 g/mol. The number of halogens is 2. The third kappa shape index (κ3) is 3.93. The van der Waals surface area contributed by atoms with Crippen LogP contribution in [0, 0.1) is 11.6 Å². The molecule has 2 aromatic carbocycles. The van der Waals surface area contributed by atoms with E-state index in [0.717, 1.165) is 18.9 Å². The zero-order valence-electron chi connectivity index (χ0n) is 17.5. The maximum Gasteiger partial charge on any atom is 0.248 e. The van der Waals surface area contributed by atoms with Crippen molar-refractivity contribution in [1.82, 2.24) is 9.21 Å². The summed E-state index contributed by atoms with van der Waals surface area (Å²) < 4.78 is 61.4. The highest BCUT2D eigenvalue weighted by atomic mass is 32.2. The van der Waals surface area contributed by atoms with Crippen LogP contribution in [-0.2, 0) is 19.6 Å². The van der Waals surface area contributed by atoms with Crippen molar-refractivity contribution in [3.8, 4) is 11.1 Å². The number of hydrogen-bond acceptors (Lipinski definition) is 4. The monoisotopic (exact) mass is 462 g/mol. The summed E-state index contributed by atoms with van der Waals surface area (Å²) in [6, 6.07) is 9.81. The molecule has 0 unspecified atom stereocenters. The van der Waals surface area contributed by atoms with Crippen LogP contribution in [0.25, 0.3) is 11.1 Å². The molecule has 3 fully saturated rings. The summed E-state index contributed by atoms with van der Waals surface area (Å²) in [7, 11) is -4.02. The predicted octanol–water partition coefficient (Wildman–Crippen LogP) is 3.18. The first-order valence-corrected chi connectivity index (χ1v) is 12.2. The largest absolute Gasteiger partial charge is 0.363 e. The van der Waals surface area contributed by atoms with Gasteiger partial charge in [-0.05, 0) is 61.1 Å². The third-order valence-corrected chi connectivity index (χ3v) is 8.56. The van der Waals surface area contributed by atoms with Gasteiger partial charge in [0.25, 0.3) is 0 Å². The second-order valence-electron chi connectivity index (χ2n) is 8.78. The molecule has 1 spiro atoms. The molecule has 32 heavy (non-hydrogen) atoms. The van der Waals surface area contributed by atoms with E-state index in [2.05, 4.69) is 0 Å². The van der Waals surface area contributed by atoms with E-state index in [0.29, 0.717) is 36.6 Å². The zero-order valence-corrected chi connectivity index (χ0v) is 18.3. The maximum atomic E-state index is 14.9. The molecule has 2 aromatic rings. The quantitative estimate of drug-likeness (QED) is 0.700. The number of morpholine rings is 1. The Bertz CT molecular complexity index is 1140. The lowest BCUT2D eigenvalue weighted by Gasteiger charge is -2.46. The van der Waals surface area contributed by atoms with Crippen LogP contribution in [0.3, 0.4) is 0 Å². The molecule has 0 N–H and O–H groups in total. The van der Waals surface area contributed by atoms with E-state index in [1.807, 2.05) is 4.90 Å². The van der Waals surface area contributed by atoms with E-state index in [1.54, 1.807) is 0 Å². The molecule has 0 atom stereocenters. The second kappa shape index (κ2) is 7.90. The number of carbonyl (C=O) groups excluding carboxylic acids is 1. The van der Waals surface area contributed by atoms with E-state index >= 15 is 0 Å². The van der Waals surface area contributed by atoms with Gasteiger partial charge in [0.15, 0.2) is 0 Å². The van der Waals surface area contributed by atoms with Crippen molar-refractivity contribution in [2.45, 2.75) is 42.2 Å². The molecule has 2 saturated heterocycles. The summed E-state index contributed by atoms with van der Waals surface area (Å²) in [5, 5.41) is 0. The van der Waals surface area contributed by atoms with Gasteiger partial charge in [-0.25, -0.2) is 17.2 Å². The number of carbonyl (C=O) groups is 1. The standard InChI is InChI=1S/C23H24F2N2O4S/c24-18-4-1-16(2-5-18)17-3-8-21(20(25)13-17)32(29,30)26-11-9-23(10-12-26)15-27(19-6-7-19)22(28)14-31-23/h1-5,8,13,19H,6-7,9-12,14-15H2. The van der Waals surface area contributed by atoms with Gasteiger partial charge in [-0.2, -0.15) is 4.31 Å². The Hall–Kier alpha value is -2.36. The first-order chi connectivity index (χ1) is 15.3. The van der Waals surface area contributed by atoms with Gasteiger partial charge < -0.3 is 9.64 Å². The molecule has 3 aliphatic rings. The van der Waals surface area contributed by atoms with Crippen molar-refractivity contribution in [3.05, 3.63) is 54.1 Å². The fraction of sp³-hybridized carbons (Fsp3) is 0.435. The Balaban J connectivity index is 1.31. The van der Waals surface area contributed by atoms with Crippen LogP contribution in [0.1, 0.15) is 25.7 Å². The van der Waals surface area contributed by atoms with Crippen molar-refractivity contribution < 1.29 is 26.7 Å².